The second kappa shape index (κ2) is 4.41. The summed E-state index contributed by atoms with van der Waals surface area (Å²) in [6, 6.07) is 11.2. The van der Waals surface area contributed by atoms with Gasteiger partial charge in [-0.25, -0.2) is 4.98 Å². The lowest BCUT2D eigenvalue weighted by molar-refractivity contribution is 1.13. The van der Waals surface area contributed by atoms with E-state index in [0.717, 1.165) is 11.5 Å². The predicted molar refractivity (Wildman–Crippen MR) is 68.2 cm³/mol. The summed E-state index contributed by atoms with van der Waals surface area (Å²) in [5.41, 5.74) is 7.38. The molecule has 1 aromatic carbocycles. The Bertz CT molecular complexity index is 454. The molecule has 0 bridgehead atoms. The number of nitrogens with zero attached hydrogens (tertiary/aromatic N) is 2. The lowest BCUT2D eigenvalue weighted by atomic mass is 10.3. The fraction of sp³-hybridized carbons (Fsp3) is 0.0833. The molecule has 1 heterocycles. The standard InChI is InChI=1S/C12H12ClN3/c1-16(11-4-2-3-9(13)7-11)12-8-10(14)5-6-15-12/h2-8H,1H3,(H2,14,15). The minimum Gasteiger partial charge on any atom is -0.399 e. The molecular weight excluding hydrogens is 222 g/mol. The summed E-state index contributed by atoms with van der Waals surface area (Å²) in [7, 11) is 1.92. The van der Waals surface area contributed by atoms with Crippen LogP contribution in [-0.4, -0.2) is 12.0 Å². The Morgan fingerprint density at radius 2 is 2.06 bits per heavy atom. The fourth-order valence-corrected chi connectivity index (χ4v) is 1.62. The van der Waals surface area contributed by atoms with Crippen molar-refractivity contribution in [2.45, 2.75) is 0 Å². The van der Waals surface area contributed by atoms with Gasteiger partial charge in [-0.1, -0.05) is 17.7 Å². The third-order valence-electron chi connectivity index (χ3n) is 2.31. The Kier molecular flexibility index (Phi) is 2.97. The average molecular weight is 234 g/mol. The highest BCUT2D eigenvalue weighted by atomic mass is 35.5. The van der Waals surface area contributed by atoms with Gasteiger partial charge in [-0.3, -0.25) is 0 Å². The van der Waals surface area contributed by atoms with E-state index in [1.54, 1.807) is 12.3 Å². The number of aromatic nitrogens is 1. The van der Waals surface area contributed by atoms with E-state index < -0.39 is 0 Å². The molecule has 0 aliphatic rings. The van der Waals surface area contributed by atoms with Crippen molar-refractivity contribution in [3.63, 3.8) is 0 Å². The Morgan fingerprint density at radius 1 is 1.25 bits per heavy atom. The quantitative estimate of drug-likeness (QED) is 0.867. The molecule has 2 rings (SSSR count). The Labute approximate surface area is 99.5 Å². The first-order valence-corrected chi connectivity index (χ1v) is 5.25. The first-order chi connectivity index (χ1) is 7.66. The highest BCUT2D eigenvalue weighted by molar-refractivity contribution is 6.30. The van der Waals surface area contributed by atoms with E-state index in [9.17, 15) is 0 Å². The molecule has 82 valence electrons. The molecule has 2 aromatic rings. The van der Waals surface area contributed by atoms with Gasteiger partial charge in [0.2, 0.25) is 0 Å². The molecule has 16 heavy (non-hydrogen) atoms. The third-order valence-corrected chi connectivity index (χ3v) is 2.54. The Balaban J connectivity index is 2.35. The average Bonchev–Trinajstić information content (AvgIpc) is 2.28. The molecule has 0 saturated heterocycles. The van der Waals surface area contributed by atoms with E-state index >= 15 is 0 Å². The van der Waals surface area contributed by atoms with E-state index in [-0.39, 0.29) is 0 Å². The van der Waals surface area contributed by atoms with Crippen LogP contribution in [0, 0.1) is 0 Å². The Morgan fingerprint density at radius 3 is 2.75 bits per heavy atom. The molecule has 0 atom stereocenters. The molecular formula is C12H12ClN3. The SMILES string of the molecule is CN(c1cccc(Cl)c1)c1cc(N)ccn1. The van der Waals surface area contributed by atoms with Gasteiger partial charge in [0.1, 0.15) is 5.82 Å². The van der Waals surface area contributed by atoms with E-state index in [4.69, 9.17) is 17.3 Å². The van der Waals surface area contributed by atoms with E-state index in [2.05, 4.69) is 4.98 Å². The maximum atomic E-state index is 5.94. The topological polar surface area (TPSA) is 42.1 Å². The van der Waals surface area contributed by atoms with E-state index in [1.165, 1.54) is 0 Å². The number of hydrogen-bond acceptors (Lipinski definition) is 3. The van der Waals surface area contributed by atoms with Crippen LogP contribution in [0.1, 0.15) is 0 Å². The normalized spacial score (nSPS) is 10.1. The molecule has 0 saturated carbocycles. The summed E-state index contributed by atoms with van der Waals surface area (Å²) in [6.45, 7) is 0. The zero-order chi connectivity index (χ0) is 11.5. The van der Waals surface area contributed by atoms with Gasteiger partial charge in [-0.05, 0) is 24.3 Å². The minimum atomic E-state index is 0.693. The number of pyridine rings is 1. The van der Waals surface area contributed by atoms with Gasteiger partial charge in [0.15, 0.2) is 0 Å². The highest BCUT2D eigenvalue weighted by Crippen LogP contribution is 2.24. The van der Waals surface area contributed by atoms with Crippen LogP contribution in [0.2, 0.25) is 5.02 Å². The van der Waals surface area contributed by atoms with Crippen molar-refractivity contribution >= 4 is 28.8 Å². The van der Waals surface area contributed by atoms with Crippen LogP contribution < -0.4 is 10.6 Å². The van der Waals surface area contributed by atoms with E-state index in [1.807, 2.05) is 42.3 Å². The lowest BCUT2D eigenvalue weighted by Gasteiger charge is -2.18. The van der Waals surface area contributed by atoms with Crippen molar-refractivity contribution in [2.24, 2.45) is 0 Å². The first-order valence-electron chi connectivity index (χ1n) is 4.87. The van der Waals surface area contributed by atoms with Crippen LogP contribution in [0.25, 0.3) is 0 Å². The van der Waals surface area contributed by atoms with Gasteiger partial charge in [-0.15, -0.1) is 0 Å². The third kappa shape index (κ3) is 2.25. The molecule has 0 unspecified atom stereocenters. The number of rotatable bonds is 2. The number of anilines is 3. The van der Waals surface area contributed by atoms with Crippen LogP contribution in [0.5, 0.6) is 0 Å². The van der Waals surface area contributed by atoms with Crippen molar-refractivity contribution in [2.75, 3.05) is 17.7 Å². The van der Waals surface area contributed by atoms with Crippen molar-refractivity contribution in [1.29, 1.82) is 0 Å². The monoisotopic (exact) mass is 233 g/mol. The van der Waals surface area contributed by atoms with Crippen LogP contribution >= 0.6 is 11.6 Å². The number of halogens is 1. The van der Waals surface area contributed by atoms with Gasteiger partial charge >= 0.3 is 0 Å². The fourth-order valence-electron chi connectivity index (χ4n) is 1.43. The second-order valence-corrected chi connectivity index (χ2v) is 3.92. The number of hydrogen-bond donors (Lipinski definition) is 1. The summed E-state index contributed by atoms with van der Waals surface area (Å²) >= 11 is 5.94. The summed E-state index contributed by atoms with van der Waals surface area (Å²) in [6.07, 6.45) is 1.69. The van der Waals surface area contributed by atoms with Gasteiger partial charge in [0.25, 0.3) is 0 Å². The minimum absolute atomic E-state index is 0.693. The first kappa shape index (κ1) is 10.8. The van der Waals surface area contributed by atoms with Crippen molar-refractivity contribution in [1.82, 2.24) is 4.98 Å². The molecule has 4 heteroatoms. The number of benzene rings is 1. The molecule has 2 N–H and O–H groups in total. The maximum Gasteiger partial charge on any atom is 0.134 e. The molecule has 0 radical (unpaired) electrons. The zero-order valence-corrected chi connectivity index (χ0v) is 9.65. The molecule has 0 spiro atoms. The van der Waals surface area contributed by atoms with Gasteiger partial charge < -0.3 is 10.6 Å². The maximum absolute atomic E-state index is 5.94. The summed E-state index contributed by atoms with van der Waals surface area (Å²) in [5, 5.41) is 0.702. The summed E-state index contributed by atoms with van der Waals surface area (Å²) in [5.74, 6) is 0.794. The molecule has 0 aliphatic carbocycles. The summed E-state index contributed by atoms with van der Waals surface area (Å²) < 4.78 is 0. The smallest absolute Gasteiger partial charge is 0.134 e. The molecule has 0 amide bonds. The predicted octanol–water partition coefficient (Wildman–Crippen LogP) is 3.09. The number of nitrogen functional groups attached to an aromatic ring is 1. The van der Waals surface area contributed by atoms with Crippen molar-refractivity contribution in [3.05, 3.63) is 47.6 Å². The number of nitrogens with two attached hydrogens (primary N) is 1. The van der Waals surface area contributed by atoms with Gasteiger partial charge in [-0.2, -0.15) is 0 Å². The Hall–Kier alpha value is -1.74. The van der Waals surface area contributed by atoms with Crippen LogP contribution in [-0.2, 0) is 0 Å². The van der Waals surface area contributed by atoms with Gasteiger partial charge in [0, 0.05) is 35.7 Å². The molecule has 0 fully saturated rings. The van der Waals surface area contributed by atoms with Crippen LogP contribution in [0.3, 0.4) is 0 Å². The van der Waals surface area contributed by atoms with Crippen molar-refractivity contribution < 1.29 is 0 Å². The van der Waals surface area contributed by atoms with Crippen molar-refractivity contribution in [3.8, 4) is 0 Å². The van der Waals surface area contributed by atoms with Crippen LogP contribution in [0.15, 0.2) is 42.6 Å². The summed E-state index contributed by atoms with van der Waals surface area (Å²) in [4.78, 5) is 6.18. The molecule has 3 nitrogen and oxygen atoms in total. The largest absolute Gasteiger partial charge is 0.399 e. The van der Waals surface area contributed by atoms with E-state index in [0.29, 0.717) is 10.7 Å². The van der Waals surface area contributed by atoms with Gasteiger partial charge in [0.05, 0.1) is 0 Å². The highest BCUT2D eigenvalue weighted by Gasteiger charge is 2.05. The van der Waals surface area contributed by atoms with Crippen LogP contribution in [0.4, 0.5) is 17.2 Å². The molecule has 0 aliphatic heterocycles. The zero-order valence-electron chi connectivity index (χ0n) is 8.89. The lowest BCUT2D eigenvalue weighted by Crippen LogP contribution is -2.11. The second-order valence-electron chi connectivity index (χ2n) is 3.49. The molecule has 1 aromatic heterocycles.